The molecule has 0 saturated carbocycles. The zero-order valence-electron chi connectivity index (χ0n) is 17.1. The summed E-state index contributed by atoms with van der Waals surface area (Å²) in [5, 5.41) is 0.194. The van der Waals surface area contributed by atoms with Crippen LogP contribution in [0.4, 0.5) is 4.79 Å². The molecule has 9 heteroatoms. The molecule has 30 heavy (non-hydrogen) atoms. The van der Waals surface area contributed by atoms with Gasteiger partial charge in [-0.05, 0) is 45.1 Å². The number of ether oxygens (including phenoxy) is 3. The van der Waals surface area contributed by atoms with Gasteiger partial charge in [0.05, 0.1) is 13.2 Å². The molecule has 0 spiro atoms. The number of nitrogens with zero attached hydrogens (tertiary/aromatic N) is 4. The van der Waals surface area contributed by atoms with E-state index in [0.717, 1.165) is 5.56 Å². The minimum Gasteiger partial charge on any atom is -0.451 e. The third-order valence-electron chi connectivity index (χ3n) is 4.06. The molecular weight excluding hydrogens is 404 g/mol. The number of thiocarbonyl (C=S) groups is 1. The highest BCUT2D eigenvalue weighted by molar-refractivity contribution is 7.80. The largest absolute Gasteiger partial charge is 0.451 e. The van der Waals surface area contributed by atoms with Crippen molar-refractivity contribution >= 4 is 23.5 Å². The number of amides is 1. The molecule has 3 heterocycles. The Labute approximate surface area is 181 Å². The molecule has 8 nitrogen and oxygen atoms in total. The van der Waals surface area contributed by atoms with Crippen LogP contribution in [0.5, 0.6) is 0 Å². The second-order valence-corrected chi connectivity index (χ2v) is 7.96. The predicted molar refractivity (Wildman–Crippen MR) is 114 cm³/mol. The van der Waals surface area contributed by atoms with Crippen LogP contribution >= 0.6 is 12.2 Å². The van der Waals surface area contributed by atoms with E-state index in [-0.39, 0.29) is 11.7 Å². The molecule has 3 rings (SSSR count). The van der Waals surface area contributed by atoms with Gasteiger partial charge in [0.2, 0.25) is 0 Å². The van der Waals surface area contributed by atoms with E-state index < -0.39 is 23.9 Å². The normalized spacial score (nSPS) is 17.4. The number of carbonyl (C=O) groups is 1. The highest BCUT2D eigenvalue weighted by atomic mass is 32.1. The summed E-state index contributed by atoms with van der Waals surface area (Å²) >= 11 is 5.37. The van der Waals surface area contributed by atoms with Gasteiger partial charge >= 0.3 is 6.09 Å². The van der Waals surface area contributed by atoms with Crippen LogP contribution in [0.25, 0.3) is 0 Å². The number of rotatable bonds is 2. The lowest BCUT2D eigenvalue weighted by atomic mass is 10.1. The number of imidazole rings is 1. The van der Waals surface area contributed by atoms with Crippen molar-refractivity contribution < 1.29 is 19.0 Å². The van der Waals surface area contributed by atoms with E-state index in [1.165, 1.54) is 0 Å². The van der Waals surface area contributed by atoms with Crippen LogP contribution in [0.2, 0.25) is 0 Å². The Bertz CT molecular complexity index is 916. The van der Waals surface area contributed by atoms with Gasteiger partial charge in [0.25, 0.3) is 5.17 Å². The van der Waals surface area contributed by atoms with E-state index in [9.17, 15) is 4.79 Å². The van der Waals surface area contributed by atoms with E-state index in [1.807, 2.05) is 20.8 Å². The molecule has 0 radical (unpaired) electrons. The molecule has 1 aliphatic rings. The zero-order chi connectivity index (χ0) is 21.6. The van der Waals surface area contributed by atoms with Gasteiger partial charge in [0, 0.05) is 36.9 Å². The van der Waals surface area contributed by atoms with E-state index in [0.29, 0.717) is 13.2 Å². The monoisotopic (exact) mass is 428 g/mol. The van der Waals surface area contributed by atoms with Crippen molar-refractivity contribution in [2.45, 2.75) is 38.6 Å². The van der Waals surface area contributed by atoms with E-state index >= 15 is 0 Å². The van der Waals surface area contributed by atoms with Gasteiger partial charge in [-0.3, -0.25) is 9.55 Å². The Morgan fingerprint density at radius 3 is 2.73 bits per heavy atom. The van der Waals surface area contributed by atoms with Gasteiger partial charge in [-0.15, -0.1) is 0 Å². The lowest BCUT2D eigenvalue weighted by Gasteiger charge is -2.36. The summed E-state index contributed by atoms with van der Waals surface area (Å²) in [6, 6.07) is 3.60. The summed E-state index contributed by atoms with van der Waals surface area (Å²) in [5.74, 6) is 6.14. The first-order chi connectivity index (χ1) is 14.3. The lowest BCUT2D eigenvalue weighted by Crippen LogP contribution is -2.51. The fourth-order valence-corrected chi connectivity index (χ4v) is 2.89. The second-order valence-electron chi connectivity index (χ2n) is 7.62. The molecule has 1 amide bonds. The molecule has 0 bridgehead atoms. The van der Waals surface area contributed by atoms with Gasteiger partial charge in [-0.25, -0.2) is 9.78 Å². The molecule has 2 aromatic heterocycles. The molecule has 2 atom stereocenters. The average molecular weight is 429 g/mol. The molecule has 0 aromatic carbocycles. The minimum atomic E-state index is -0.696. The van der Waals surface area contributed by atoms with Crippen molar-refractivity contribution in [1.29, 1.82) is 0 Å². The fraction of sp³-hybridized carbons (Fsp3) is 0.429. The standard InChI is InChI=1S/C21H24N4O4S/c1-21(2,3)29-19(26)24-12-13-27-18(14-24)17(5-4-16-6-8-22-9-7-16)28-20(30)25-11-10-23-15-25/h6-11,15,17-18H,12-14H2,1-3H3. The van der Waals surface area contributed by atoms with Gasteiger partial charge in [0.1, 0.15) is 18.0 Å². The van der Waals surface area contributed by atoms with Gasteiger partial charge in [-0.1, -0.05) is 11.8 Å². The van der Waals surface area contributed by atoms with Crippen molar-refractivity contribution in [3.8, 4) is 11.8 Å². The first kappa shape index (κ1) is 21.7. The third-order valence-corrected chi connectivity index (χ3v) is 4.37. The summed E-state index contributed by atoms with van der Waals surface area (Å²) in [6.45, 7) is 6.55. The minimum absolute atomic E-state index is 0.194. The van der Waals surface area contributed by atoms with Crippen LogP contribution in [0.3, 0.4) is 0 Å². The molecule has 158 valence electrons. The summed E-state index contributed by atoms with van der Waals surface area (Å²) < 4.78 is 18.9. The summed E-state index contributed by atoms with van der Waals surface area (Å²) in [7, 11) is 0. The molecule has 1 saturated heterocycles. The fourth-order valence-electron chi connectivity index (χ4n) is 2.68. The Morgan fingerprint density at radius 1 is 1.30 bits per heavy atom. The third kappa shape index (κ3) is 6.27. The first-order valence-corrected chi connectivity index (χ1v) is 9.93. The molecule has 1 fully saturated rings. The van der Waals surface area contributed by atoms with E-state index in [4.69, 9.17) is 26.4 Å². The number of hydrogen-bond donors (Lipinski definition) is 0. The maximum atomic E-state index is 12.5. The number of hydrogen-bond acceptors (Lipinski definition) is 7. The van der Waals surface area contributed by atoms with Gasteiger partial charge < -0.3 is 19.1 Å². The van der Waals surface area contributed by atoms with Crippen molar-refractivity contribution in [3.63, 3.8) is 0 Å². The van der Waals surface area contributed by atoms with E-state index in [2.05, 4.69) is 21.8 Å². The van der Waals surface area contributed by atoms with Crippen LogP contribution in [0, 0.1) is 11.8 Å². The zero-order valence-corrected chi connectivity index (χ0v) is 18.0. The molecule has 2 aromatic rings. The van der Waals surface area contributed by atoms with Crippen molar-refractivity contribution in [1.82, 2.24) is 19.4 Å². The Morgan fingerprint density at radius 2 is 2.07 bits per heavy atom. The van der Waals surface area contributed by atoms with Crippen LogP contribution in [-0.2, 0) is 14.2 Å². The SMILES string of the molecule is CC(C)(C)OC(=O)N1CCOC(C(C#Cc2ccncc2)OC(=S)n2ccnc2)C1. The Balaban J connectivity index is 1.77. The van der Waals surface area contributed by atoms with Crippen molar-refractivity contribution in [2.75, 3.05) is 19.7 Å². The number of morpholine rings is 1. The van der Waals surface area contributed by atoms with Crippen molar-refractivity contribution in [3.05, 3.63) is 48.8 Å². The van der Waals surface area contributed by atoms with E-state index in [1.54, 1.807) is 52.7 Å². The van der Waals surface area contributed by atoms with Crippen molar-refractivity contribution in [2.24, 2.45) is 0 Å². The van der Waals surface area contributed by atoms with Gasteiger partial charge in [0.15, 0.2) is 6.10 Å². The smallest absolute Gasteiger partial charge is 0.410 e. The predicted octanol–water partition coefficient (Wildman–Crippen LogP) is 2.48. The van der Waals surface area contributed by atoms with Crippen LogP contribution < -0.4 is 0 Å². The molecule has 1 aliphatic heterocycles. The average Bonchev–Trinajstić information content (AvgIpc) is 3.25. The number of aromatic nitrogens is 3. The van der Waals surface area contributed by atoms with Crippen LogP contribution in [0.1, 0.15) is 26.3 Å². The highest BCUT2D eigenvalue weighted by Crippen LogP contribution is 2.16. The quantitative estimate of drug-likeness (QED) is 0.537. The maximum Gasteiger partial charge on any atom is 0.410 e. The highest BCUT2D eigenvalue weighted by Gasteiger charge is 2.33. The van der Waals surface area contributed by atoms with Gasteiger partial charge in [-0.2, -0.15) is 0 Å². The lowest BCUT2D eigenvalue weighted by molar-refractivity contribution is -0.0717. The topological polar surface area (TPSA) is 78.7 Å². The van der Waals surface area contributed by atoms with Crippen LogP contribution in [-0.4, -0.2) is 68.2 Å². The molecule has 0 aliphatic carbocycles. The Hall–Kier alpha value is -2.96. The van der Waals surface area contributed by atoms with Crippen LogP contribution in [0.15, 0.2) is 43.2 Å². The first-order valence-electron chi connectivity index (χ1n) is 9.52. The maximum absolute atomic E-state index is 12.5. The summed E-state index contributed by atoms with van der Waals surface area (Å²) in [6.07, 6.45) is 6.58. The summed E-state index contributed by atoms with van der Waals surface area (Å²) in [5.41, 5.74) is 0.206. The summed E-state index contributed by atoms with van der Waals surface area (Å²) in [4.78, 5) is 22.1. The number of carbonyl (C=O) groups excluding carboxylic acids is 1. The number of pyridine rings is 1. The molecule has 2 unspecified atom stereocenters. The second kappa shape index (κ2) is 9.69. The molecule has 0 N–H and O–H groups in total. The molecular formula is C21H24N4O4S. The Kier molecular flexibility index (Phi) is 7.03.